The molecule has 0 radical (unpaired) electrons. The van der Waals surface area contributed by atoms with Crippen molar-refractivity contribution in [3.05, 3.63) is 60.2 Å². The maximum absolute atomic E-state index is 12.2. The Hall–Kier alpha value is -2.54. The number of likely N-dealkylation sites (tertiary alicyclic amines) is 1. The molecule has 1 saturated heterocycles. The van der Waals surface area contributed by atoms with Crippen LogP contribution in [0.2, 0.25) is 0 Å². The summed E-state index contributed by atoms with van der Waals surface area (Å²) in [5, 5.41) is 0. The van der Waals surface area contributed by atoms with Crippen LogP contribution in [0.15, 0.2) is 54.6 Å². The van der Waals surface area contributed by atoms with E-state index in [2.05, 4.69) is 0 Å². The lowest BCUT2D eigenvalue weighted by atomic mass is 10.2. The zero-order chi connectivity index (χ0) is 19.3. The van der Waals surface area contributed by atoms with Crippen LogP contribution in [0.3, 0.4) is 0 Å². The van der Waals surface area contributed by atoms with E-state index in [4.69, 9.17) is 4.74 Å². The van der Waals surface area contributed by atoms with Crippen molar-refractivity contribution in [2.45, 2.75) is 19.4 Å². The fraction of sp³-hybridized carbons (Fsp3) is 0.350. The van der Waals surface area contributed by atoms with Gasteiger partial charge in [0.05, 0.1) is 18.5 Å². The molecular weight excluding hydrogens is 364 g/mol. The second kappa shape index (κ2) is 8.43. The summed E-state index contributed by atoms with van der Waals surface area (Å²) in [6.07, 6.45) is 3.28. The van der Waals surface area contributed by atoms with E-state index in [0.717, 1.165) is 31.5 Å². The SMILES string of the molecule is CS(=O)(=O)N(Cc1ccccc1)c1ccc(OCC(=O)N2CCCC2)cc1. The van der Waals surface area contributed by atoms with E-state index >= 15 is 0 Å². The van der Waals surface area contributed by atoms with Crippen molar-refractivity contribution in [1.82, 2.24) is 4.90 Å². The zero-order valence-electron chi connectivity index (χ0n) is 15.4. The maximum Gasteiger partial charge on any atom is 0.260 e. The van der Waals surface area contributed by atoms with Gasteiger partial charge in [-0.3, -0.25) is 9.10 Å². The molecule has 0 bridgehead atoms. The van der Waals surface area contributed by atoms with Crippen molar-refractivity contribution >= 4 is 21.6 Å². The molecule has 0 aromatic heterocycles. The number of carbonyl (C=O) groups is 1. The van der Waals surface area contributed by atoms with Gasteiger partial charge in [-0.25, -0.2) is 8.42 Å². The van der Waals surface area contributed by atoms with Crippen LogP contribution in [0, 0.1) is 0 Å². The van der Waals surface area contributed by atoms with Crippen molar-refractivity contribution in [1.29, 1.82) is 0 Å². The van der Waals surface area contributed by atoms with Gasteiger partial charge in [0.2, 0.25) is 10.0 Å². The van der Waals surface area contributed by atoms with Crippen LogP contribution in [0.25, 0.3) is 0 Å². The summed E-state index contributed by atoms with van der Waals surface area (Å²) in [5.74, 6) is 0.526. The Kier molecular flexibility index (Phi) is 6.01. The molecule has 0 unspecified atom stereocenters. The number of hydrogen-bond acceptors (Lipinski definition) is 4. The fourth-order valence-corrected chi connectivity index (χ4v) is 3.95. The number of nitrogens with zero attached hydrogens (tertiary/aromatic N) is 2. The summed E-state index contributed by atoms with van der Waals surface area (Å²) in [4.78, 5) is 13.8. The largest absolute Gasteiger partial charge is 0.484 e. The standard InChI is InChI=1S/C20H24N2O4S/c1-27(24,25)22(15-17-7-3-2-4-8-17)18-9-11-19(12-10-18)26-16-20(23)21-13-5-6-14-21/h2-4,7-12H,5-6,13-16H2,1H3. The molecule has 144 valence electrons. The first-order valence-electron chi connectivity index (χ1n) is 8.96. The lowest BCUT2D eigenvalue weighted by Gasteiger charge is -2.23. The van der Waals surface area contributed by atoms with Crippen molar-refractivity contribution in [2.24, 2.45) is 0 Å². The third-order valence-electron chi connectivity index (χ3n) is 4.52. The van der Waals surface area contributed by atoms with Crippen molar-refractivity contribution in [2.75, 3.05) is 30.3 Å². The van der Waals surface area contributed by atoms with E-state index in [1.807, 2.05) is 30.3 Å². The normalized spacial score (nSPS) is 14.2. The third kappa shape index (κ3) is 5.23. The Morgan fingerprint density at radius 1 is 1.04 bits per heavy atom. The molecule has 0 saturated carbocycles. The smallest absolute Gasteiger partial charge is 0.260 e. The Labute approximate surface area is 160 Å². The minimum Gasteiger partial charge on any atom is -0.484 e. The summed E-state index contributed by atoms with van der Waals surface area (Å²) in [7, 11) is -3.43. The van der Waals surface area contributed by atoms with E-state index < -0.39 is 10.0 Å². The fourth-order valence-electron chi connectivity index (χ4n) is 3.06. The van der Waals surface area contributed by atoms with Crippen LogP contribution in [-0.4, -0.2) is 45.2 Å². The summed E-state index contributed by atoms with van der Waals surface area (Å²) >= 11 is 0. The Balaban J connectivity index is 1.67. The van der Waals surface area contributed by atoms with Crippen LogP contribution in [0.5, 0.6) is 5.75 Å². The molecule has 0 atom stereocenters. The molecule has 1 aliphatic heterocycles. The monoisotopic (exact) mass is 388 g/mol. The van der Waals surface area contributed by atoms with Gasteiger partial charge >= 0.3 is 0 Å². The molecule has 0 aliphatic carbocycles. The van der Waals surface area contributed by atoms with E-state index in [-0.39, 0.29) is 19.1 Å². The third-order valence-corrected chi connectivity index (χ3v) is 5.66. The lowest BCUT2D eigenvalue weighted by molar-refractivity contribution is -0.132. The van der Waals surface area contributed by atoms with Crippen LogP contribution in [-0.2, 0) is 21.4 Å². The van der Waals surface area contributed by atoms with Gasteiger partial charge in [0.1, 0.15) is 5.75 Å². The molecule has 1 heterocycles. The topological polar surface area (TPSA) is 66.9 Å². The Morgan fingerprint density at radius 2 is 1.67 bits per heavy atom. The highest BCUT2D eigenvalue weighted by Gasteiger charge is 2.19. The number of amides is 1. The number of benzene rings is 2. The van der Waals surface area contributed by atoms with Gasteiger partial charge in [-0.05, 0) is 42.7 Å². The number of carbonyl (C=O) groups excluding carboxylic acids is 1. The minimum absolute atomic E-state index is 0.000841. The van der Waals surface area contributed by atoms with E-state index in [0.29, 0.717) is 11.4 Å². The molecule has 7 heteroatoms. The van der Waals surface area contributed by atoms with Gasteiger partial charge in [-0.15, -0.1) is 0 Å². The molecule has 27 heavy (non-hydrogen) atoms. The molecule has 2 aromatic carbocycles. The quantitative estimate of drug-likeness (QED) is 0.731. The highest BCUT2D eigenvalue weighted by Crippen LogP contribution is 2.24. The predicted molar refractivity (Wildman–Crippen MR) is 105 cm³/mol. The van der Waals surface area contributed by atoms with E-state index in [1.54, 1.807) is 29.2 Å². The number of ether oxygens (including phenoxy) is 1. The molecule has 3 rings (SSSR count). The number of rotatable bonds is 7. The molecule has 0 spiro atoms. The average molecular weight is 388 g/mol. The summed E-state index contributed by atoms with van der Waals surface area (Å²) in [6, 6.07) is 16.2. The van der Waals surface area contributed by atoms with E-state index in [1.165, 1.54) is 10.6 Å². The van der Waals surface area contributed by atoms with Crippen LogP contribution in [0.1, 0.15) is 18.4 Å². The van der Waals surface area contributed by atoms with E-state index in [9.17, 15) is 13.2 Å². The summed E-state index contributed by atoms with van der Waals surface area (Å²) < 4.78 is 31.4. The van der Waals surface area contributed by atoms with Gasteiger partial charge in [0.15, 0.2) is 6.61 Å². The lowest BCUT2D eigenvalue weighted by Crippen LogP contribution is -2.32. The van der Waals surface area contributed by atoms with Crippen LogP contribution >= 0.6 is 0 Å². The second-order valence-electron chi connectivity index (χ2n) is 6.63. The Bertz CT molecular complexity index is 861. The molecule has 6 nitrogen and oxygen atoms in total. The minimum atomic E-state index is -3.43. The van der Waals surface area contributed by atoms with Gasteiger partial charge in [0.25, 0.3) is 5.91 Å². The average Bonchev–Trinajstić information content (AvgIpc) is 3.20. The van der Waals surface area contributed by atoms with Gasteiger partial charge in [-0.2, -0.15) is 0 Å². The van der Waals surface area contributed by atoms with Crippen molar-refractivity contribution < 1.29 is 17.9 Å². The zero-order valence-corrected chi connectivity index (χ0v) is 16.2. The van der Waals surface area contributed by atoms with Crippen molar-refractivity contribution in [3.8, 4) is 5.75 Å². The second-order valence-corrected chi connectivity index (χ2v) is 8.53. The molecule has 1 amide bonds. The molecule has 0 N–H and O–H groups in total. The molecular formula is C20H24N2O4S. The van der Waals surface area contributed by atoms with Crippen LogP contribution < -0.4 is 9.04 Å². The van der Waals surface area contributed by atoms with Gasteiger partial charge in [-0.1, -0.05) is 30.3 Å². The van der Waals surface area contributed by atoms with Crippen LogP contribution in [0.4, 0.5) is 5.69 Å². The number of anilines is 1. The first-order chi connectivity index (χ1) is 12.9. The predicted octanol–water partition coefficient (Wildman–Crippen LogP) is 2.65. The first kappa shape index (κ1) is 19.2. The Morgan fingerprint density at radius 3 is 2.26 bits per heavy atom. The van der Waals surface area contributed by atoms with Gasteiger partial charge in [0, 0.05) is 13.1 Å². The highest BCUT2D eigenvalue weighted by molar-refractivity contribution is 7.92. The van der Waals surface area contributed by atoms with Gasteiger partial charge < -0.3 is 9.64 Å². The van der Waals surface area contributed by atoms with Crippen molar-refractivity contribution in [3.63, 3.8) is 0 Å². The number of hydrogen-bond donors (Lipinski definition) is 0. The number of sulfonamides is 1. The first-order valence-corrected chi connectivity index (χ1v) is 10.8. The summed E-state index contributed by atoms with van der Waals surface area (Å²) in [6.45, 7) is 1.85. The molecule has 1 fully saturated rings. The maximum atomic E-state index is 12.2. The highest BCUT2D eigenvalue weighted by atomic mass is 32.2. The summed E-state index contributed by atoms with van der Waals surface area (Å²) in [5.41, 5.74) is 1.46. The molecule has 1 aliphatic rings. The molecule has 2 aromatic rings.